The normalized spacial score (nSPS) is 15.3. The molecule has 0 bridgehead atoms. The summed E-state index contributed by atoms with van der Waals surface area (Å²) in [5.74, 6) is -0.856. The quantitative estimate of drug-likeness (QED) is 0.826. The van der Waals surface area contributed by atoms with Crippen molar-refractivity contribution in [3.8, 4) is 0 Å². The molecule has 0 atom stereocenters. The molecule has 1 aliphatic heterocycles. The summed E-state index contributed by atoms with van der Waals surface area (Å²) in [7, 11) is 0. The van der Waals surface area contributed by atoms with Gasteiger partial charge in [0.15, 0.2) is 0 Å². The largest absolute Gasteiger partial charge is 0.338 e. The van der Waals surface area contributed by atoms with Gasteiger partial charge < -0.3 is 10.2 Å². The first kappa shape index (κ1) is 17.1. The fraction of sp³-hybridized carbons (Fsp3) is 0.294. The molecule has 2 amide bonds. The molecular weight excluding hydrogens is 395 g/mol. The minimum Gasteiger partial charge on any atom is -0.338 e. The van der Waals surface area contributed by atoms with E-state index >= 15 is 0 Å². The zero-order valence-corrected chi connectivity index (χ0v) is 15.2. The van der Waals surface area contributed by atoms with Crippen molar-refractivity contribution in [2.75, 3.05) is 18.4 Å². The Hall–Kier alpha value is -1.73. The van der Waals surface area contributed by atoms with Crippen LogP contribution in [0.4, 0.5) is 10.1 Å². The zero-order chi connectivity index (χ0) is 17.1. The van der Waals surface area contributed by atoms with Gasteiger partial charge in [0.2, 0.25) is 5.91 Å². The number of carbonyl (C=O) groups is 2. The predicted octanol–water partition coefficient (Wildman–Crippen LogP) is 4.14. The monoisotopic (exact) mass is 410 g/mol. The fourth-order valence-corrected chi connectivity index (χ4v) is 3.75. The van der Waals surface area contributed by atoms with E-state index in [4.69, 9.17) is 0 Å². The number of carbonyl (C=O) groups excluding carboxylic acids is 2. The van der Waals surface area contributed by atoms with Crippen molar-refractivity contribution in [1.29, 1.82) is 0 Å². The molecule has 1 fully saturated rings. The molecule has 1 aliphatic rings. The second-order valence-electron chi connectivity index (χ2n) is 5.66. The highest BCUT2D eigenvalue weighted by Gasteiger charge is 2.28. The molecule has 7 heteroatoms. The van der Waals surface area contributed by atoms with Crippen molar-refractivity contribution < 1.29 is 14.0 Å². The van der Waals surface area contributed by atoms with Gasteiger partial charge in [-0.25, -0.2) is 4.39 Å². The third-order valence-corrected chi connectivity index (χ3v) is 5.43. The highest BCUT2D eigenvalue weighted by Crippen LogP contribution is 2.24. The van der Waals surface area contributed by atoms with E-state index in [1.165, 1.54) is 23.5 Å². The van der Waals surface area contributed by atoms with Gasteiger partial charge in [0.25, 0.3) is 5.91 Å². The van der Waals surface area contributed by atoms with E-state index in [1.807, 2.05) is 17.5 Å². The third-order valence-electron chi connectivity index (χ3n) is 4.07. The molecule has 0 unspecified atom stereocenters. The fourth-order valence-electron chi connectivity index (χ4n) is 2.73. The van der Waals surface area contributed by atoms with Crippen LogP contribution in [0.2, 0.25) is 0 Å². The molecule has 0 radical (unpaired) electrons. The molecule has 0 aliphatic carbocycles. The molecule has 24 heavy (non-hydrogen) atoms. The average Bonchev–Trinajstić information content (AvgIpc) is 3.11. The van der Waals surface area contributed by atoms with Gasteiger partial charge in [-0.2, -0.15) is 0 Å². The summed E-state index contributed by atoms with van der Waals surface area (Å²) >= 11 is 4.61. The van der Waals surface area contributed by atoms with Gasteiger partial charge in [-0.3, -0.25) is 9.59 Å². The number of nitrogens with one attached hydrogen (secondary N) is 1. The second kappa shape index (κ2) is 7.44. The van der Waals surface area contributed by atoms with E-state index in [1.54, 1.807) is 11.0 Å². The molecule has 1 saturated heterocycles. The topological polar surface area (TPSA) is 49.4 Å². The Kier molecular flexibility index (Phi) is 5.30. The highest BCUT2D eigenvalue weighted by atomic mass is 79.9. The molecule has 1 aromatic carbocycles. The van der Waals surface area contributed by atoms with Crippen molar-refractivity contribution in [3.05, 3.63) is 50.9 Å². The van der Waals surface area contributed by atoms with Crippen LogP contribution in [0.1, 0.15) is 22.5 Å². The maximum atomic E-state index is 13.8. The molecule has 2 aromatic rings. The maximum Gasteiger partial charge on any atom is 0.263 e. The molecule has 0 saturated carbocycles. The number of piperidine rings is 1. The van der Waals surface area contributed by atoms with Crippen LogP contribution in [-0.4, -0.2) is 29.8 Å². The number of benzene rings is 1. The Morgan fingerprint density at radius 2 is 2.00 bits per heavy atom. The Labute approximate surface area is 151 Å². The lowest BCUT2D eigenvalue weighted by Gasteiger charge is -2.31. The molecule has 0 spiro atoms. The van der Waals surface area contributed by atoms with Gasteiger partial charge in [-0.05, 0) is 42.5 Å². The zero-order valence-electron chi connectivity index (χ0n) is 12.8. The van der Waals surface area contributed by atoms with Gasteiger partial charge in [0.1, 0.15) is 5.82 Å². The summed E-state index contributed by atoms with van der Waals surface area (Å²) in [6.07, 6.45) is 1.17. The van der Waals surface area contributed by atoms with Gasteiger partial charge in [0, 0.05) is 23.5 Å². The Bertz CT molecular complexity index is 743. The number of rotatable bonds is 3. The van der Waals surface area contributed by atoms with E-state index < -0.39 is 5.82 Å². The van der Waals surface area contributed by atoms with Gasteiger partial charge in [-0.15, -0.1) is 11.3 Å². The predicted molar refractivity (Wildman–Crippen MR) is 95.7 cm³/mol. The van der Waals surface area contributed by atoms with Gasteiger partial charge >= 0.3 is 0 Å². The number of likely N-dealkylation sites (tertiary alicyclic amines) is 1. The number of hydrogen-bond donors (Lipinski definition) is 1. The van der Waals surface area contributed by atoms with Crippen LogP contribution in [-0.2, 0) is 4.79 Å². The first-order chi connectivity index (χ1) is 11.5. The molecular formula is C17H16BrFN2O2S. The lowest BCUT2D eigenvalue weighted by Crippen LogP contribution is -2.41. The van der Waals surface area contributed by atoms with Crippen LogP contribution >= 0.6 is 27.3 Å². The smallest absolute Gasteiger partial charge is 0.263 e. The van der Waals surface area contributed by atoms with E-state index in [9.17, 15) is 14.0 Å². The summed E-state index contributed by atoms with van der Waals surface area (Å²) in [6.45, 7) is 1.08. The summed E-state index contributed by atoms with van der Waals surface area (Å²) in [5, 5.41) is 4.52. The number of hydrogen-bond acceptors (Lipinski definition) is 3. The third kappa shape index (κ3) is 3.84. The van der Waals surface area contributed by atoms with E-state index in [0.717, 1.165) is 4.88 Å². The first-order valence-corrected chi connectivity index (χ1v) is 9.30. The lowest BCUT2D eigenvalue weighted by atomic mass is 9.95. The van der Waals surface area contributed by atoms with Crippen LogP contribution in [0, 0.1) is 11.7 Å². The van der Waals surface area contributed by atoms with Crippen molar-refractivity contribution in [2.45, 2.75) is 12.8 Å². The van der Waals surface area contributed by atoms with Gasteiger partial charge in [0.05, 0.1) is 10.6 Å². The molecule has 3 rings (SSSR count). The van der Waals surface area contributed by atoms with Crippen LogP contribution < -0.4 is 5.32 Å². The van der Waals surface area contributed by atoms with E-state index in [0.29, 0.717) is 30.4 Å². The maximum absolute atomic E-state index is 13.8. The Balaban J connectivity index is 1.56. The number of halogens is 2. The van der Waals surface area contributed by atoms with Crippen LogP contribution in [0.25, 0.3) is 0 Å². The minimum absolute atomic E-state index is 0.0165. The Morgan fingerprint density at radius 3 is 2.62 bits per heavy atom. The number of anilines is 1. The number of thiophene rings is 1. The molecule has 126 valence electrons. The second-order valence-corrected chi connectivity index (χ2v) is 7.52. The van der Waals surface area contributed by atoms with Crippen molar-refractivity contribution >= 4 is 44.8 Å². The summed E-state index contributed by atoms with van der Waals surface area (Å²) in [4.78, 5) is 27.1. The van der Waals surface area contributed by atoms with Crippen molar-refractivity contribution in [1.82, 2.24) is 4.90 Å². The number of amides is 2. The molecule has 1 N–H and O–H groups in total. The molecule has 1 aromatic heterocycles. The van der Waals surface area contributed by atoms with Crippen LogP contribution in [0.3, 0.4) is 0 Å². The van der Waals surface area contributed by atoms with Crippen LogP contribution in [0.5, 0.6) is 0 Å². The van der Waals surface area contributed by atoms with Gasteiger partial charge in [-0.1, -0.05) is 22.0 Å². The number of nitrogens with zero attached hydrogens (tertiary/aromatic N) is 1. The van der Waals surface area contributed by atoms with Crippen molar-refractivity contribution in [2.24, 2.45) is 5.92 Å². The van der Waals surface area contributed by atoms with Crippen molar-refractivity contribution in [3.63, 3.8) is 0 Å². The SMILES string of the molecule is O=C(Nc1ccc(Br)cc1F)C1CCN(C(=O)c2cccs2)CC1. The molecule has 2 heterocycles. The first-order valence-electron chi connectivity index (χ1n) is 7.63. The lowest BCUT2D eigenvalue weighted by molar-refractivity contribution is -0.121. The van der Waals surface area contributed by atoms with Crippen LogP contribution in [0.15, 0.2) is 40.2 Å². The molecule has 4 nitrogen and oxygen atoms in total. The minimum atomic E-state index is -0.469. The summed E-state index contributed by atoms with van der Waals surface area (Å²) in [5.41, 5.74) is 0.181. The average molecular weight is 411 g/mol. The van der Waals surface area contributed by atoms with E-state index in [-0.39, 0.29) is 23.4 Å². The summed E-state index contributed by atoms with van der Waals surface area (Å²) in [6, 6.07) is 8.19. The highest BCUT2D eigenvalue weighted by molar-refractivity contribution is 9.10. The Morgan fingerprint density at radius 1 is 1.25 bits per heavy atom. The van der Waals surface area contributed by atoms with E-state index in [2.05, 4.69) is 21.2 Å². The summed E-state index contributed by atoms with van der Waals surface area (Å²) < 4.78 is 14.4. The standard InChI is InChI=1S/C17H16BrFN2O2S/c18-12-3-4-14(13(19)10-12)20-16(22)11-5-7-21(8-6-11)17(23)15-2-1-9-24-15/h1-4,9-11H,5-8H2,(H,20,22).